The minimum absolute atomic E-state index is 0.130. The highest BCUT2D eigenvalue weighted by Gasteiger charge is 2.44. The van der Waals surface area contributed by atoms with Crippen molar-refractivity contribution in [3.05, 3.63) is 46.1 Å². The average Bonchev–Trinajstić information content (AvgIpc) is 3.24. The summed E-state index contributed by atoms with van der Waals surface area (Å²) < 4.78 is 23.1. The van der Waals surface area contributed by atoms with Crippen molar-refractivity contribution >= 4 is 16.6 Å². The Morgan fingerprint density at radius 1 is 1.26 bits per heavy atom. The lowest BCUT2D eigenvalue weighted by Crippen LogP contribution is -2.39. The third-order valence-electron chi connectivity index (χ3n) is 7.31. The number of aliphatic hydroxyl groups is 1. The van der Waals surface area contributed by atoms with E-state index in [0.717, 1.165) is 12.8 Å². The molecular weight excluding hydrogens is 453 g/mol. The third kappa shape index (κ3) is 3.52. The number of fused-ring (bicyclic) bond motifs is 3. The standard InChI is InChI=1S/C24H24FN7O3/c1-24(6-7-24)23-28-21(29-35-23)18-20-22(34)31(11-10-30-8-4-14(33)5-9-30)19-15(12-26)16(25)2-3-17(19)32(20)13-27-18/h2-3,13-14,33H,4-11H2,1H3. The van der Waals surface area contributed by atoms with Crippen LogP contribution in [-0.4, -0.2) is 59.8 Å². The number of rotatable bonds is 5. The maximum atomic E-state index is 14.6. The Bertz CT molecular complexity index is 1550. The van der Waals surface area contributed by atoms with Crippen LogP contribution in [0.5, 0.6) is 0 Å². The van der Waals surface area contributed by atoms with Gasteiger partial charge in [0.05, 0.1) is 17.1 Å². The summed E-state index contributed by atoms with van der Waals surface area (Å²) in [5, 5.41) is 23.6. The molecule has 1 aromatic carbocycles. The molecule has 2 fully saturated rings. The number of nitrogens with zero attached hydrogens (tertiary/aromatic N) is 7. The molecule has 3 aromatic heterocycles. The number of likely N-dealkylation sites (tertiary alicyclic amines) is 1. The summed E-state index contributed by atoms with van der Waals surface area (Å²) in [6.45, 7) is 4.23. The molecule has 0 amide bonds. The fourth-order valence-corrected chi connectivity index (χ4v) is 4.82. The number of benzene rings is 1. The highest BCUT2D eigenvalue weighted by Crippen LogP contribution is 2.47. The van der Waals surface area contributed by atoms with Gasteiger partial charge < -0.3 is 19.1 Å². The second-order valence-electron chi connectivity index (χ2n) is 9.73. The van der Waals surface area contributed by atoms with Gasteiger partial charge in [-0.25, -0.2) is 9.37 Å². The van der Waals surface area contributed by atoms with Crippen LogP contribution in [0, 0.1) is 17.1 Å². The molecule has 0 atom stereocenters. The molecule has 4 heterocycles. The molecule has 1 saturated carbocycles. The monoisotopic (exact) mass is 477 g/mol. The Balaban J connectivity index is 1.51. The molecular formula is C24H24FN7O3. The van der Waals surface area contributed by atoms with Crippen molar-refractivity contribution in [2.45, 2.75) is 50.7 Å². The smallest absolute Gasteiger partial charge is 0.277 e. The first kappa shape index (κ1) is 21.9. The fourth-order valence-electron chi connectivity index (χ4n) is 4.82. The van der Waals surface area contributed by atoms with Crippen LogP contribution in [0.15, 0.2) is 27.8 Å². The molecule has 1 saturated heterocycles. The molecule has 0 radical (unpaired) electrons. The molecule has 0 spiro atoms. The molecule has 10 nitrogen and oxygen atoms in total. The molecule has 180 valence electrons. The van der Waals surface area contributed by atoms with Gasteiger partial charge in [0.1, 0.15) is 35.0 Å². The minimum Gasteiger partial charge on any atom is -0.393 e. The molecule has 4 aromatic rings. The van der Waals surface area contributed by atoms with Gasteiger partial charge in [-0.1, -0.05) is 12.1 Å². The number of hydrogen-bond acceptors (Lipinski definition) is 8. The lowest BCUT2D eigenvalue weighted by Gasteiger charge is -2.29. The molecule has 1 N–H and O–H groups in total. The average molecular weight is 478 g/mol. The Kier molecular flexibility index (Phi) is 4.98. The van der Waals surface area contributed by atoms with Crippen LogP contribution >= 0.6 is 0 Å². The quantitative estimate of drug-likeness (QED) is 0.464. The van der Waals surface area contributed by atoms with E-state index in [1.165, 1.54) is 17.0 Å². The molecule has 2 aliphatic rings. The zero-order valence-corrected chi connectivity index (χ0v) is 19.2. The van der Waals surface area contributed by atoms with E-state index in [1.54, 1.807) is 10.5 Å². The van der Waals surface area contributed by atoms with Crippen molar-refractivity contribution in [1.82, 2.24) is 29.0 Å². The lowest BCUT2D eigenvalue weighted by atomic mass is 10.1. The first-order valence-electron chi connectivity index (χ1n) is 11.8. The van der Waals surface area contributed by atoms with Crippen LogP contribution in [-0.2, 0) is 12.0 Å². The topological polar surface area (TPSA) is 125 Å². The Morgan fingerprint density at radius 3 is 2.74 bits per heavy atom. The zero-order valence-electron chi connectivity index (χ0n) is 19.2. The molecule has 6 rings (SSSR count). The van der Waals surface area contributed by atoms with E-state index in [9.17, 15) is 19.6 Å². The number of nitriles is 1. The van der Waals surface area contributed by atoms with Gasteiger partial charge in [-0.15, -0.1) is 0 Å². The van der Waals surface area contributed by atoms with E-state index in [2.05, 4.69) is 20.0 Å². The van der Waals surface area contributed by atoms with E-state index in [0.29, 0.717) is 43.9 Å². The summed E-state index contributed by atoms with van der Waals surface area (Å²) in [4.78, 5) is 24.9. The highest BCUT2D eigenvalue weighted by molar-refractivity contribution is 5.87. The first-order chi connectivity index (χ1) is 16.9. The fraction of sp³-hybridized carbons (Fsp3) is 0.458. The number of hydrogen-bond donors (Lipinski definition) is 1. The molecule has 0 unspecified atom stereocenters. The normalized spacial score (nSPS) is 18.3. The van der Waals surface area contributed by atoms with Crippen LogP contribution in [0.25, 0.3) is 28.1 Å². The maximum absolute atomic E-state index is 14.6. The van der Waals surface area contributed by atoms with Crippen molar-refractivity contribution in [3.63, 3.8) is 0 Å². The lowest BCUT2D eigenvalue weighted by molar-refractivity contribution is 0.0810. The van der Waals surface area contributed by atoms with Crippen molar-refractivity contribution in [2.75, 3.05) is 19.6 Å². The van der Waals surface area contributed by atoms with Crippen molar-refractivity contribution in [3.8, 4) is 17.6 Å². The number of halogens is 1. The summed E-state index contributed by atoms with van der Waals surface area (Å²) in [5.74, 6) is 0.0663. The van der Waals surface area contributed by atoms with Gasteiger partial charge in [-0.3, -0.25) is 9.20 Å². The maximum Gasteiger partial charge on any atom is 0.277 e. The van der Waals surface area contributed by atoms with Crippen LogP contribution in [0.2, 0.25) is 0 Å². The summed E-state index contributed by atoms with van der Waals surface area (Å²) in [5.41, 5.74) is 0.523. The number of aliphatic hydroxyl groups excluding tert-OH is 1. The SMILES string of the molecule is CC1(c2nc(-c3ncn4c3c(=O)n(CCN3CCC(O)CC3)c3c(C#N)c(F)ccc34)no2)CC1. The van der Waals surface area contributed by atoms with E-state index < -0.39 is 11.4 Å². The summed E-state index contributed by atoms with van der Waals surface area (Å²) in [6.07, 6.45) is 4.42. The predicted molar refractivity (Wildman–Crippen MR) is 123 cm³/mol. The number of piperidine rings is 1. The second-order valence-corrected chi connectivity index (χ2v) is 9.73. The number of imidazole rings is 1. The van der Waals surface area contributed by atoms with E-state index >= 15 is 0 Å². The van der Waals surface area contributed by atoms with Gasteiger partial charge in [0.2, 0.25) is 11.7 Å². The number of aromatic nitrogens is 5. The van der Waals surface area contributed by atoms with Crippen LogP contribution < -0.4 is 5.56 Å². The van der Waals surface area contributed by atoms with E-state index in [1.807, 2.05) is 13.0 Å². The van der Waals surface area contributed by atoms with Crippen molar-refractivity contribution < 1.29 is 14.0 Å². The highest BCUT2D eigenvalue weighted by atomic mass is 19.1. The Morgan fingerprint density at radius 2 is 2.03 bits per heavy atom. The minimum atomic E-state index is -0.686. The zero-order chi connectivity index (χ0) is 24.3. The molecule has 0 bridgehead atoms. The van der Waals surface area contributed by atoms with Gasteiger partial charge in [0.15, 0.2) is 0 Å². The predicted octanol–water partition coefficient (Wildman–Crippen LogP) is 2.22. The second kappa shape index (κ2) is 7.96. The van der Waals surface area contributed by atoms with Crippen LogP contribution in [0.3, 0.4) is 0 Å². The van der Waals surface area contributed by atoms with Gasteiger partial charge >= 0.3 is 0 Å². The van der Waals surface area contributed by atoms with E-state index in [4.69, 9.17) is 4.52 Å². The van der Waals surface area contributed by atoms with E-state index in [-0.39, 0.29) is 46.2 Å². The van der Waals surface area contributed by atoms with Crippen LogP contribution in [0.4, 0.5) is 4.39 Å². The van der Waals surface area contributed by atoms with Gasteiger partial charge in [-0.05, 0) is 37.8 Å². The summed E-state index contributed by atoms with van der Waals surface area (Å²) in [6, 6.07) is 4.69. The summed E-state index contributed by atoms with van der Waals surface area (Å²) >= 11 is 0. The molecule has 35 heavy (non-hydrogen) atoms. The van der Waals surface area contributed by atoms with Gasteiger partial charge in [-0.2, -0.15) is 10.2 Å². The molecule has 11 heteroatoms. The summed E-state index contributed by atoms with van der Waals surface area (Å²) in [7, 11) is 0. The Labute approximate surface area is 199 Å². The van der Waals surface area contributed by atoms with Gasteiger partial charge in [0.25, 0.3) is 5.56 Å². The third-order valence-corrected chi connectivity index (χ3v) is 7.31. The van der Waals surface area contributed by atoms with Crippen LogP contribution in [0.1, 0.15) is 44.1 Å². The largest absolute Gasteiger partial charge is 0.393 e. The van der Waals surface area contributed by atoms with Gasteiger partial charge in [0, 0.05) is 31.6 Å². The van der Waals surface area contributed by atoms with Crippen molar-refractivity contribution in [2.24, 2.45) is 0 Å². The van der Waals surface area contributed by atoms with Crippen molar-refractivity contribution in [1.29, 1.82) is 5.26 Å². The molecule has 1 aliphatic carbocycles. The first-order valence-corrected chi connectivity index (χ1v) is 11.8. The Hall–Kier alpha value is -3.62. The molecule has 1 aliphatic heterocycles.